The van der Waals surface area contributed by atoms with Crippen LogP contribution in [0, 0.1) is 11.8 Å². The van der Waals surface area contributed by atoms with Gasteiger partial charge in [0.15, 0.2) is 5.96 Å². The van der Waals surface area contributed by atoms with E-state index in [1.54, 1.807) is 0 Å². The summed E-state index contributed by atoms with van der Waals surface area (Å²) in [5.41, 5.74) is 0. The number of hydrogen-bond donors (Lipinski definition) is 2. The molecule has 2 N–H and O–H groups in total. The third-order valence-corrected chi connectivity index (χ3v) is 5.44. The molecule has 1 heterocycles. The number of imidazole rings is 1. The normalized spacial score (nSPS) is 27.7. The fraction of sp³-hybridized carbons (Fsp3) is 0.765. The van der Waals surface area contributed by atoms with Gasteiger partial charge in [-0.1, -0.05) is 25.7 Å². The smallest absolute Gasteiger partial charge is 0.191 e. The van der Waals surface area contributed by atoms with Gasteiger partial charge in [0.05, 0.1) is 6.54 Å². The minimum Gasteiger partial charge on any atom is -0.354 e. The lowest BCUT2D eigenvalue weighted by atomic mass is 9.69. The minimum absolute atomic E-state index is 0. The van der Waals surface area contributed by atoms with Crippen molar-refractivity contribution in [2.45, 2.75) is 57.5 Å². The topological polar surface area (TPSA) is 54.2 Å². The van der Waals surface area contributed by atoms with Gasteiger partial charge < -0.3 is 15.2 Å². The van der Waals surface area contributed by atoms with Gasteiger partial charge in [-0.25, -0.2) is 4.98 Å². The zero-order chi connectivity index (χ0) is 15.4. The highest BCUT2D eigenvalue weighted by molar-refractivity contribution is 14.0. The van der Waals surface area contributed by atoms with Crippen LogP contribution in [0.3, 0.4) is 0 Å². The molecular formula is C17H30IN5. The van der Waals surface area contributed by atoms with Crippen molar-refractivity contribution >= 4 is 29.9 Å². The predicted molar refractivity (Wildman–Crippen MR) is 105 cm³/mol. The maximum Gasteiger partial charge on any atom is 0.191 e. The number of nitrogens with zero attached hydrogens (tertiary/aromatic N) is 3. The number of aliphatic imine (C=N–C) groups is 1. The van der Waals surface area contributed by atoms with Gasteiger partial charge in [-0.05, 0) is 31.1 Å². The SMILES string of the molecule is CN=C(NCc1nccn1C)NC1CCC2CCCCC2C1.I. The van der Waals surface area contributed by atoms with Crippen LogP contribution in [0.5, 0.6) is 0 Å². The molecule has 2 saturated carbocycles. The van der Waals surface area contributed by atoms with E-state index in [2.05, 4.69) is 20.6 Å². The molecule has 0 bridgehead atoms. The molecule has 3 atom stereocenters. The lowest BCUT2D eigenvalue weighted by Crippen LogP contribution is -2.46. The fourth-order valence-electron chi connectivity index (χ4n) is 4.12. The fourth-order valence-corrected chi connectivity index (χ4v) is 4.12. The summed E-state index contributed by atoms with van der Waals surface area (Å²) in [6.45, 7) is 0.710. The monoisotopic (exact) mass is 431 g/mol. The molecule has 0 saturated heterocycles. The Bertz CT molecular complexity index is 513. The average molecular weight is 431 g/mol. The molecule has 1 aromatic heterocycles. The summed E-state index contributed by atoms with van der Waals surface area (Å²) in [6, 6.07) is 0.576. The van der Waals surface area contributed by atoms with E-state index in [0.29, 0.717) is 12.6 Å². The largest absolute Gasteiger partial charge is 0.354 e. The quantitative estimate of drug-likeness (QED) is 0.440. The molecule has 2 fully saturated rings. The van der Waals surface area contributed by atoms with E-state index in [1.165, 1.54) is 44.9 Å². The van der Waals surface area contributed by atoms with Gasteiger partial charge in [0.25, 0.3) is 0 Å². The van der Waals surface area contributed by atoms with Gasteiger partial charge in [0, 0.05) is 32.5 Å². The summed E-state index contributed by atoms with van der Waals surface area (Å²) >= 11 is 0. The third-order valence-electron chi connectivity index (χ3n) is 5.44. The first kappa shape index (κ1) is 18.5. The Kier molecular flexibility index (Phi) is 7.17. The Labute approximate surface area is 156 Å². The second kappa shape index (κ2) is 8.89. The van der Waals surface area contributed by atoms with Crippen molar-refractivity contribution in [1.29, 1.82) is 0 Å². The van der Waals surface area contributed by atoms with Gasteiger partial charge in [-0.3, -0.25) is 4.99 Å². The molecule has 5 nitrogen and oxygen atoms in total. The molecule has 0 spiro atoms. The van der Waals surface area contributed by atoms with Crippen LogP contribution < -0.4 is 10.6 Å². The summed E-state index contributed by atoms with van der Waals surface area (Å²) in [5, 5.41) is 7.01. The van der Waals surface area contributed by atoms with Crippen molar-refractivity contribution in [2.24, 2.45) is 23.9 Å². The maximum atomic E-state index is 4.37. The highest BCUT2D eigenvalue weighted by Crippen LogP contribution is 2.40. The average Bonchev–Trinajstić information content (AvgIpc) is 2.96. The first-order chi connectivity index (χ1) is 10.8. The molecule has 0 aliphatic heterocycles. The van der Waals surface area contributed by atoms with Crippen LogP contribution in [0.15, 0.2) is 17.4 Å². The summed E-state index contributed by atoms with van der Waals surface area (Å²) < 4.78 is 2.04. The summed E-state index contributed by atoms with van der Waals surface area (Å²) in [6.07, 6.45) is 13.6. The van der Waals surface area contributed by atoms with E-state index in [-0.39, 0.29) is 24.0 Å². The van der Waals surface area contributed by atoms with Gasteiger partial charge in [0.2, 0.25) is 0 Å². The molecule has 2 aliphatic carbocycles. The lowest BCUT2D eigenvalue weighted by molar-refractivity contribution is 0.150. The Morgan fingerprint density at radius 2 is 2.04 bits per heavy atom. The van der Waals surface area contributed by atoms with Crippen molar-refractivity contribution in [3.05, 3.63) is 18.2 Å². The highest BCUT2D eigenvalue weighted by atomic mass is 127. The van der Waals surface area contributed by atoms with Crippen LogP contribution in [-0.4, -0.2) is 28.6 Å². The Morgan fingerprint density at radius 3 is 2.74 bits per heavy atom. The van der Waals surface area contributed by atoms with E-state index < -0.39 is 0 Å². The number of nitrogens with one attached hydrogen (secondary N) is 2. The van der Waals surface area contributed by atoms with Crippen molar-refractivity contribution < 1.29 is 0 Å². The van der Waals surface area contributed by atoms with Gasteiger partial charge >= 0.3 is 0 Å². The zero-order valence-corrected chi connectivity index (χ0v) is 16.6. The maximum absolute atomic E-state index is 4.37. The second-order valence-corrected chi connectivity index (χ2v) is 6.84. The Balaban J connectivity index is 0.00000192. The van der Waals surface area contributed by atoms with Gasteiger partial charge in [0.1, 0.15) is 5.82 Å². The number of aryl methyl sites for hydroxylation is 1. The highest BCUT2D eigenvalue weighted by Gasteiger charge is 2.32. The van der Waals surface area contributed by atoms with Crippen molar-refractivity contribution in [1.82, 2.24) is 20.2 Å². The molecule has 130 valence electrons. The van der Waals surface area contributed by atoms with E-state index >= 15 is 0 Å². The molecule has 0 radical (unpaired) electrons. The van der Waals surface area contributed by atoms with Gasteiger partial charge in [-0.15, -0.1) is 24.0 Å². The van der Waals surface area contributed by atoms with Crippen LogP contribution in [0.2, 0.25) is 0 Å². The van der Waals surface area contributed by atoms with E-state index in [4.69, 9.17) is 0 Å². The van der Waals surface area contributed by atoms with Crippen LogP contribution in [-0.2, 0) is 13.6 Å². The van der Waals surface area contributed by atoms with Crippen LogP contribution in [0.1, 0.15) is 50.8 Å². The Hall–Kier alpha value is -0.790. The summed E-state index contributed by atoms with van der Waals surface area (Å²) in [5.74, 6) is 3.86. The predicted octanol–water partition coefficient (Wildman–Crippen LogP) is 3.06. The number of aromatic nitrogens is 2. The molecule has 0 aromatic carbocycles. The lowest BCUT2D eigenvalue weighted by Gasteiger charge is -2.39. The van der Waals surface area contributed by atoms with Crippen molar-refractivity contribution in [3.8, 4) is 0 Å². The van der Waals surface area contributed by atoms with Crippen molar-refractivity contribution in [3.63, 3.8) is 0 Å². The first-order valence-electron chi connectivity index (χ1n) is 8.69. The second-order valence-electron chi connectivity index (χ2n) is 6.84. The molecule has 3 rings (SSSR count). The molecule has 0 amide bonds. The van der Waals surface area contributed by atoms with Crippen molar-refractivity contribution in [2.75, 3.05) is 7.05 Å². The minimum atomic E-state index is 0. The number of fused-ring (bicyclic) bond motifs is 1. The van der Waals surface area contributed by atoms with Crippen LogP contribution in [0.25, 0.3) is 0 Å². The van der Waals surface area contributed by atoms with Crippen LogP contribution >= 0.6 is 24.0 Å². The third kappa shape index (κ3) is 4.84. The zero-order valence-electron chi connectivity index (χ0n) is 14.3. The summed E-state index contributed by atoms with van der Waals surface area (Å²) in [7, 11) is 3.87. The standard InChI is InChI=1S/C17H29N5.HI/c1-18-17(20-12-16-19-9-10-22(16)2)21-15-8-7-13-5-3-4-6-14(13)11-15;/h9-10,13-15H,3-8,11-12H2,1-2H3,(H2,18,20,21);1H. The summed E-state index contributed by atoms with van der Waals surface area (Å²) in [4.78, 5) is 8.71. The molecule has 2 aliphatic rings. The molecule has 6 heteroatoms. The number of halogens is 1. The molecule has 23 heavy (non-hydrogen) atoms. The number of guanidine groups is 1. The van der Waals surface area contributed by atoms with E-state index in [1.807, 2.05) is 31.1 Å². The van der Waals surface area contributed by atoms with Gasteiger partial charge in [-0.2, -0.15) is 0 Å². The molecular weight excluding hydrogens is 401 g/mol. The number of rotatable bonds is 3. The first-order valence-corrected chi connectivity index (χ1v) is 8.69. The molecule has 3 unspecified atom stereocenters. The Morgan fingerprint density at radius 1 is 1.26 bits per heavy atom. The van der Waals surface area contributed by atoms with E-state index in [0.717, 1.165) is 23.6 Å². The van der Waals surface area contributed by atoms with E-state index in [9.17, 15) is 0 Å². The molecule has 1 aromatic rings. The van der Waals surface area contributed by atoms with Crippen LogP contribution in [0.4, 0.5) is 0 Å². The number of hydrogen-bond acceptors (Lipinski definition) is 2.